The summed E-state index contributed by atoms with van der Waals surface area (Å²) in [6.45, 7) is 11.4. The molecule has 28 heavy (non-hydrogen) atoms. The van der Waals surface area contributed by atoms with E-state index in [4.69, 9.17) is 9.72 Å². The van der Waals surface area contributed by atoms with E-state index in [2.05, 4.69) is 24.8 Å². The molecular weight excluding hydrogens is 350 g/mol. The Balaban J connectivity index is 1.82. The zero-order valence-corrected chi connectivity index (χ0v) is 18.3. The molecule has 2 fully saturated rings. The number of likely N-dealkylation sites (tertiary alicyclic amines) is 1. The van der Waals surface area contributed by atoms with Crippen molar-refractivity contribution in [3.8, 4) is 0 Å². The van der Waals surface area contributed by atoms with Gasteiger partial charge in [0.1, 0.15) is 11.4 Å². The maximum Gasteiger partial charge on any atom is 0.416 e. The number of pyridine rings is 1. The number of hydrogen-bond acceptors (Lipinski definition) is 4. The van der Waals surface area contributed by atoms with Crippen LogP contribution in [-0.4, -0.2) is 40.2 Å². The van der Waals surface area contributed by atoms with Gasteiger partial charge in [-0.15, -0.1) is 0 Å². The average Bonchev–Trinajstić information content (AvgIpc) is 3.12. The van der Waals surface area contributed by atoms with Crippen LogP contribution in [0, 0.1) is 0 Å². The minimum Gasteiger partial charge on any atom is -0.443 e. The number of ether oxygens (including phenoxy) is 1. The fraction of sp³-hybridized carbons (Fsp3) is 0.739. The highest BCUT2D eigenvalue weighted by molar-refractivity contribution is 5.87. The van der Waals surface area contributed by atoms with E-state index in [9.17, 15) is 4.79 Å². The predicted octanol–water partition coefficient (Wildman–Crippen LogP) is 5.70. The van der Waals surface area contributed by atoms with Gasteiger partial charge in [0.15, 0.2) is 0 Å². The van der Waals surface area contributed by atoms with Crippen molar-refractivity contribution < 1.29 is 9.53 Å². The van der Waals surface area contributed by atoms with Gasteiger partial charge in [-0.2, -0.15) is 0 Å². The van der Waals surface area contributed by atoms with Crippen molar-refractivity contribution in [3.63, 3.8) is 0 Å². The largest absolute Gasteiger partial charge is 0.443 e. The number of aromatic nitrogens is 1. The fourth-order valence-corrected chi connectivity index (χ4v) is 4.58. The molecule has 0 bridgehead atoms. The van der Waals surface area contributed by atoms with Crippen molar-refractivity contribution >= 4 is 11.9 Å². The maximum absolute atomic E-state index is 13.0. The fourth-order valence-electron chi connectivity index (χ4n) is 4.58. The molecule has 1 atom stereocenters. The van der Waals surface area contributed by atoms with Gasteiger partial charge >= 0.3 is 6.09 Å². The van der Waals surface area contributed by atoms with Crippen LogP contribution in [0.3, 0.4) is 0 Å². The Morgan fingerprint density at radius 3 is 2.43 bits per heavy atom. The second-order valence-corrected chi connectivity index (χ2v) is 9.58. The van der Waals surface area contributed by atoms with Crippen molar-refractivity contribution in [2.24, 2.45) is 0 Å². The molecule has 0 N–H and O–H groups in total. The number of carbonyl (C=O) groups is 1. The van der Waals surface area contributed by atoms with E-state index in [1.807, 2.05) is 37.9 Å². The van der Waals surface area contributed by atoms with E-state index in [1.165, 1.54) is 24.8 Å². The SMILES string of the molecule is CC(C)N1CCCC1c1ccc(N(C(=O)OC(C)(C)C)C2CCCCC2)nc1. The monoisotopic (exact) mass is 387 g/mol. The number of nitrogens with zero attached hydrogens (tertiary/aromatic N) is 3. The van der Waals surface area contributed by atoms with Crippen LogP contribution in [0.15, 0.2) is 18.3 Å². The van der Waals surface area contributed by atoms with E-state index in [0.717, 1.165) is 38.0 Å². The lowest BCUT2D eigenvalue weighted by atomic mass is 9.94. The van der Waals surface area contributed by atoms with E-state index in [0.29, 0.717) is 12.1 Å². The highest BCUT2D eigenvalue weighted by Crippen LogP contribution is 2.34. The molecule has 1 aliphatic heterocycles. The summed E-state index contributed by atoms with van der Waals surface area (Å²) in [4.78, 5) is 22.1. The summed E-state index contributed by atoms with van der Waals surface area (Å²) < 4.78 is 5.72. The van der Waals surface area contributed by atoms with Crippen LogP contribution in [0.2, 0.25) is 0 Å². The second kappa shape index (κ2) is 8.81. The molecule has 1 aliphatic carbocycles. The van der Waals surface area contributed by atoms with Crippen LogP contribution in [-0.2, 0) is 4.74 Å². The van der Waals surface area contributed by atoms with Crippen molar-refractivity contribution in [2.45, 2.75) is 103 Å². The van der Waals surface area contributed by atoms with E-state index < -0.39 is 5.60 Å². The maximum atomic E-state index is 13.0. The standard InChI is InChI=1S/C23H37N3O2/c1-17(2)25-15-9-12-20(25)18-13-14-21(24-16-18)26(19-10-7-6-8-11-19)22(27)28-23(3,4)5/h13-14,16-17,19-20H,6-12,15H2,1-5H3. The first-order valence-corrected chi connectivity index (χ1v) is 11.0. The molecule has 0 radical (unpaired) electrons. The molecule has 1 amide bonds. The zero-order valence-electron chi connectivity index (χ0n) is 18.3. The molecule has 2 aliphatic rings. The topological polar surface area (TPSA) is 45.7 Å². The molecule has 5 nitrogen and oxygen atoms in total. The average molecular weight is 388 g/mol. The molecule has 1 unspecified atom stereocenters. The van der Waals surface area contributed by atoms with Crippen molar-refractivity contribution in [1.29, 1.82) is 0 Å². The van der Waals surface area contributed by atoms with Gasteiger partial charge in [-0.1, -0.05) is 25.3 Å². The van der Waals surface area contributed by atoms with Gasteiger partial charge in [-0.25, -0.2) is 9.78 Å². The Morgan fingerprint density at radius 1 is 1.14 bits per heavy atom. The van der Waals surface area contributed by atoms with Gasteiger partial charge in [-0.3, -0.25) is 9.80 Å². The van der Waals surface area contributed by atoms with Crippen LogP contribution in [0.25, 0.3) is 0 Å². The number of rotatable bonds is 4. The summed E-state index contributed by atoms with van der Waals surface area (Å²) in [7, 11) is 0. The molecule has 1 saturated carbocycles. The van der Waals surface area contributed by atoms with Crippen LogP contribution < -0.4 is 4.90 Å². The molecule has 0 aromatic carbocycles. The molecule has 1 aromatic heterocycles. The van der Waals surface area contributed by atoms with Crippen molar-refractivity contribution in [1.82, 2.24) is 9.88 Å². The molecule has 5 heteroatoms. The first kappa shape index (κ1) is 21.1. The summed E-state index contributed by atoms with van der Waals surface area (Å²) in [5.41, 5.74) is 0.744. The number of carbonyl (C=O) groups excluding carboxylic acids is 1. The predicted molar refractivity (Wildman–Crippen MR) is 114 cm³/mol. The van der Waals surface area contributed by atoms with Gasteiger partial charge in [-0.05, 0) is 78.5 Å². The Kier molecular flexibility index (Phi) is 6.64. The first-order valence-electron chi connectivity index (χ1n) is 11.0. The third-order valence-electron chi connectivity index (χ3n) is 5.89. The lowest BCUT2D eigenvalue weighted by molar-refractivity contribution is 0.0556. The zero-order chi connectivity index (χ0) is 20.3. The molecule has 156 valence electrons. The van der Waals surface area contributed by atoms with Gasteiger partial charge < -0.3 is 4.74 Å². The van der Waals surface area contributed by atoms with Crippen LogP contribution in [0.5, 0.6) is 0 Å². The van der Waals surface area contributed by atoms with Gasteiger partial charge in [0.05, 0.1) is 0 Å². The van der Waals surface area contributed by atoms with Crippen molar-refractivity contribution in [3.05, 3.63) is 23.9 Å². The Labute approximate surface area is 170 Å². The Hall–Kier alpha value is -1.62. The van der Waals surface area contributed by atoms with Crippen LogP contribution in [0.4, 0.5) is 10.6 Å². The molecular formula is C23H37N3O2. The van der Waals surface area contributed by atoms with Gasteiger partial charge in [0.25, 0.3) is 0 Å². The highest BCUT2D eigenvalue weighted by Gasteiger charge is 2.32. The number of amides is 1. The molecule has 1 saturated heterocycles. The third kappa shape index (κ3) is 5.05. The van der Waals surface area contributed by atoms with E-state index in [-0.39, 0.29) is 12.1 Å². The normalized spacial score (nSPS) is 21.9. The molecule has 1 aromatic rings. The van der Waals surface area contributed by atoms with Crippen LogP contribution >= 0.6 is 0 Å². The van der Waals surface area contributed by atoms with E-state index >= 15 is 0 Å². The summed E-state index contributed by atoms with van der Waals surface area (Å²) in [6.07, 6.45) is 9.72. The molecule has 2 heterocycles. The summed E-state index contributed by atoms with van der Waals surface area (Å²) >= 11 is 0. The van der Waals surface area contributed by atoms with Crippen LogP contribution in [0.1, 0.15) is 91.2 Å². The highest BCUT2D eigenvalue weighted by atomic mass is 16.6. The smallest absolute Gasteiger partial charge is 0.416 e. The third-order valence-corrected chi connectivity index (χ3v) is 5.89. The van der Waals surface area contributed by atoms with Gasteiger partial charge in [0.2, 0.25) is 0 Å². The summed E-state index contributed by atoms with van der Waals surface area (Å²) in [5, 5.41) is 0. The number of anilines is 1. The van der Waals surface area contributed by atoms with E-state index in [1.54, 1.807) is 0 Å². The minimum absolute atomic E-state index is 0.181. The number of hydrogen-bond donors (Lipinski definition) is 0. The Morgan fingerprint density at radius 2 is 1.86 bits per heavy atom. The summed E-state index contributed by atoms with van der Waals surface area (Å²) in [6, 6.07) is 5.33. The lowest BCUT2D eigenvalue weighted by Gasteiger charge is -2.35. The molecule has 3 rings (SSSR count). The van der Waals surface area contributed by atoms with Gasteiger partial charge in [0, 0.05) is 24.3 Å². The summed E-state index contributed by atoms with van der Waals surface area (Å²) in [5.74, 6) is 0.721. The minimum atomic E-state index is -0.508. The quantitative estimate of drug-likeness (QED) is 0.665. The Bertz CT molecular complexity index is 645. The van der Waals surface area contributed by atoms with Crippen molar-refractivity contribution in [2.75, 3.05) is 11.4 Å². The lowest BCUT2D eigenvalue weighted by Crippen LogP contribution is -2.45. The second-order valence-electron chi connectivity index (χ2n) is 9.58. The first-order chi connectivity index (χ1) is 13.3. The molecule has 0 spiro atoms.